The van der Waals surface area contributed by atoms with E-state index in [2.05, 4.69) is 54.7 Å². The van der Waals surface area contributed by atoms with E-state index in [-0.39, 0.29) is 6.04 Å². The van der Waals surface area contributed by atoms with Gasteiger partial charge in [-0.3, -0.25) is 0 Å². The lowest BCUT2D eigenvalue weighted by atomic mass is 10.0. The molecular weight excluding hydrogens is 262 g/mol. The molecule has 2 aromatic rings. The van der Waals surface area contributed by atoms with Crippen molar-refractivity contribution in [1.82, 2.24) is 14.9 Å². The Labute approximate surface area is 127 Å². The van der Waals surface area contributed by atoms with Gasteiger partial charge in [-0.15, -0.1) is 0 Å². The number of methoxy groups -OCH3 is 1. The van der Waals surface area contributed by atoms with E-state index in [1.807, 2.05) is 18.5 Å². The molecule has 21 heavy (non-hydrogen) atoms. The minimum atomic E-state index is 0.206. The fourth-order valence-electron chi connectivity index (χ4n) is 2.50. The number of hydrogen-bond donors (Lipinski definition) is 1. The van der Waals surface area contributed by atoms with Gasteiger partial charge in [-0.05, 0) is 33.8 Å². The average molecular weight is 287 g/mol. The van der Waals surface area contributed by atoms with Crippen LogP contribution >= 0.6 is 0 Å². The first-order chi connectivity index (χ1) is 10.0. The van der Waals surface area contributed by atoms with Crippen LogP contribution in [0.15, 0.2) is 30.6 Å². The molecule has 4 heteroatoms. The molecule has 0 fully saturated rings. The number of rotatable bonds is 6. The van der Waals surface area contributed by atoms with E-state index < -0.39 is 0 Å². The van der Waals surface area contributed by atoms with E-state index in [9.17, 15) is 0 Å². The SMILES string of the molecule is COc1ccc(C)cc1[C@@H](C)NCc1nccn1C(C)C. The Balaban J connectivity index is 2.10. The molecule has 0 spiro atoms. The Hall–Kier alpha value is -1.81. The molecular formula is C17H25N3O. The van der Waals surface area contributed by atoms with Crippen molar-refractivity contribution in [2.45, 2.75) is 46.3 Å². The van der Waals surface area contributed by atoms with Crippen LogP contribution < -0.4 is 10.1 Å². The number of aromatic nitrogens is 2. The Morgan fingerprint density at radius 3 is 2.71 bits per heavy atom. The third-order valence-corrected chi connectivity index (χ3v) is 3.72. The van der Waals surface area contributed by atoms with Gasteiger partial charge in [0.15, 0.2) is 0 Å². The highest BCUT2D eigenvalue weighted by atomic mass is 16.5. The highest BCUT2D eigenvalue weighted by Crippen LogP contribution is 2.26. The highest BCUT2D eigenvalue weighted by Gasteiger charge is 2.13. The van der Waals surface area contributed by atoms with Crippen LogP contribution in [0.4, 0.5) is 0 Å². The summed E-state index contributed by atoms with van der Waals surface area (Å²) < 4.78 is 7.65. The van der Waals surface area contributed by atoms with E-state index in [0.29, 0.717) is 6.04 Å². The number of nitrogens with zero attached hydrogens (tertiary/aromatic N) is 2. The van der Waals surface area contributed by atoms with E-state index in [4.69, 9.17) is 4.74 Å². The summed E-state index contributed by atoms with van der Waals surface area (Å²) in [5.74, 6) is 1.98. The normalized spacial score (nSPS) is 12.7. The Bertz CT molecular complexity index is 589. The standard InChI is InChI=1S/C17H25N3O/c1-12(2)20-9-8-18-17(20)11-19-14(4)15-10-13(3)6-7-16(15)21-5/h6-10,12,14,19H,11H2,1-5H3/t14-/m1/s1. The zero-order valence-corrected chi connectivity index (χ0v) is 13.6. The Kier molecular flexibility index (Phi) is 5.02. The monoisotopic (exact) mass is 287 g/mol. The van der Waals surface area contributed by atoms with Gasteiger partial charge in [0, 0.05) is 30.0 Å². The molecule has 0 aliphatic rings. The fraction of sp³-hybridized carbons (Fsp3) is 0.471. The molecule has 0 aliphatic carbocycles. The predicted molar refractivity (Wildman–Crippen MR) is 85.6 cm³/mol. The van der Waals surface area contributed by atoms with Gasteiger partial charge in [0.05, 0.1) is 13.7 Å². The second-order valence-electron chi connectivity index (χ2n) is 5.69. The summed E-state index contributed by atoms with van der Waals surface area (Å²) in [6.07, 6.45) is 3.88. The zero-order valence-electron chi connectivity index (χ0n) is 13.6. The van der Waals surface area contributed by atoms with Gasteiger partial charge in [-0.25, -0.2) is 4.98 Å². The quantitative estimate of drug-likeness (QED) is 0.881. The van der Waals surface area contributed by atoms with Crippen LogP contribution in [0.3, 0.4) is 0 Å². The maximum absolute atomic E-state index is 5.46. The van der Waals surface area contributed by atoms with E-state index in [1.54, 1.807) is 7.11 Å². The third-order valence-electron chi connectivity index (χ3n) is 3.72. The summed E-state index contributed by atoms with van der Waals surface area (Å²) in [6.45, 7) is 9.32. The molecule has 0 aliphatic heterocycles. The number of nitrogens with one attached hydrogen (secondary N) is 1. The lowest BCUT2D eigenvalue weighted by molar-refractivity contribution is 0.400. The molecule has 0 saturated heterocycles. The molecule has 4 nitrogen and oxygen atoms in total. The van der Waals surface area contributed by atoms with Crippen molar-refractivity contribution in [2.24, 2.45) is 0 Å². The molecule has 1 heterocycles. The molecule has 2 rings (SSSR count). The fourth-order valence-corrected chi connectivity index (χ4v) is 2.50. The Morgan fingerprint density at radius 2 is 2.05 bits per heavy atom. The van der Waals surface area contributed by atoms with Crippen molar-refractivity contribution in [1.29, 1.82) is 0 Å². The second kappa shape index (κ2) is 6.76. The van der Waals surface area contributed by atoms with E-state index >= 15 is 0 Å². The maximum atomic E-state index is 5.46. The summed E-state index contributed by atoms with van der Waals surface area (Å²) in [7, 11) is 1.71. The molecule has 0 saturated carbocycles. The molecule has 0 bridgehead atoms. The summed E-state index contributed by atoms with van der Waals surface area (Å²) >= 11 is 0. The summed E-state index contributed by atoms with van der Waals surface area (Å²) in [5, 5.41) is 3.54. The maximum Gasteiger partial charge on any atom is 0.123 e. The van der Waals surface area contributed by atoms with Crippen molar-refractivity contribution in [3.8, 4) is 5.75 Å². The second-order valence-corrected chi connectivity index (χ2v) is 5.69. The largest absolute Gasteiger partial charge is 0.496 e. The van der Waals surface area contributed by atoms with Gasteiger partial charge in [0.25, 0.3) is 0 Å². The lowest BCUT2D eigenvalue weighted by Gasteiger charge is -2.19. The minimum Gasteiger partial charge on any atom is -0.496 e. The van der Waals surface area contributed by atoms with Gasteiger partial charge in [-0.2, -0.15) is 0 Å². The zero-order chi connectivity index (χ0) is 15.4. The topological polar surface area (TPSA) is 39.1 Å². The van der Waals surface area contributed by atoms with Crippen LogP contribution in [0.25, 0.3) is 0 Å². The van der Waals surface area contributed by atoms with Crippen molar-refractivity contribution in [2.75, 3.05) is 7.11 Å². The van der Waals surface area contributed by atoms with Crippen LogP contribution in [-0.4, -0.2) is 16.7 Å². The number of hydrogen-bond acceptors (Lipinski definition) is 3. The molecule has 0 amide bonds. The van der Waals surface area contributed by atoms with Crippen LogP contribution in [0.5, 0.6) is 5.75 Å². The van der Waals surface area contributed by atoms with Gasteiger partial charge < -0.3 is 14.6 Å². The van der Waals surface area contributed by atoms with Crippen LogP contribution in [0.1, 0.15) is 49.8 Å². The van der Waals surface area contributed by atoms with E-state index in [0.717, 1.165) is 18.1 Å². The van der Waals surface area contributed by atoms with E-state index in [1.165, 1.54) is 11.1 Å². The molecule has 1 aromatic heterocycles. The van der Waals surface area contributed by atoms with Gasteiger partial charge in [0.2, 0.25) is 0 Å². The number of imidazole rings is 1. The van der Waals surface area contributed by atoms with Crippen molar-refractivity contribution in [3.05, 3.63) is 47.5 Å². The van der Waals surface area contributed by atoms with Crippen LogP contribution in [0.2, 0.25) is 0 Å². The highest BCUT2D eigenvalue weighted by molar-refractivity contribution is 5.38. The summed E-state index contributed by atoms with van der Waals surface area (Å²) in [4.78, 5) is 4.43. The first kappa shape index (κ1) is 15.6. The third kappa shape index (κ3) is 3.64. The minimum absolute atomic E-state index is 0.206. The molecule has 0 unspecified atom stereocenters. The lowest BCUT2D eigenvalue weighted by Crippen LogP contribution is -2.21. The van der Waals surface area contributed by atoms with Crippen LogP contribution in [0, 0.1) is 6.92 Å². The summed E-state index contributed by atoms with van der Waals surface area (Å²) in [5.41, 5.74) is 2.42. The molecule has 1 atom stereocenters. The first-order valence-corrected chi connectivity index (χ1v) is 7.42. The van der Waals surface area contributed by atoms with Crippen molar-refractivity contribution >= 4 is 0 Å². The smallest absolute Gasteiger partial charge is 0.123 e. The number of benzene rings is 1. The number of aryl methyl sites for hydroxylation is 1. The van der Waals surface area contributed by atoms with Crippen molar-refractivity contribution < 1.29 is 4.74 Å². The van der Waals surface area contributed by atoms with Gasteiger partial charge >= 0.3 is 0 Å². The molecule has 114 valence electrons. The molecule has 0 radical (unpaired) electrons. The molecule has 1 aromatic carbocycles. The average Bonchev–Trinajstić information content (AvgIpc) is 2.93. The van der Waals surface area contributed by atoms with Crippen molar-refractivity contribution in [3.63, 3.8) is 0 Å². The molecule has 1 N–H and O–H groups in total. The van der Waals surface area contributed by atoms with Crippen LogP contribution in [-0.2, 0) is 6.54 Å². The van der Waals surface area contributed by atoms with Gasteiger partial charge in [0.1, 0.15) is 11.6 Å². The van der Waals surface area contributed by atoms with Gasteiger partial charge in [-0.1, -0.05) is 17.7 Å². The Morgan fingerprint density at radius 1 is 1.29 bits per heavy atom. The number of ether oxygens (including phenoxy) is 1. The first-order valence-electron chi connectivity index (χ1n) is 7.42. The predicted octanol–water partition coefficient (Wildman–Crippen LogP) is 3.63. The summed E-state index contributed by atoms with van der Waals surface area (Å²) in [6, 6.07) is 6.90.